The maximum atomic E-state index is 13.5. The molecule has 0 saturated heterocycles. The van der Waals surface area contributed by atoms with E-state index in [4.69, 9.17) is 21.3 Å². The summed E-state index contributed by atoms with van der Waals surface area (Å²) in [5.41, 5.74) is 2.17. The Kier molecular flexibility index (Phi) is 8.49. The molecule has 164 valence electrons. The molecule has 0 spiro atoms. The number of carbonyl (C=O) groups excluding carboxylic acids is 1. The van der Waals surface area contributed by atoms with Crippen molar-refractivity contribution in [3.05, 3.63) is 34.5 Å². The van der Waals surface area contributed by atoms with Gasteiger partial charge < -0.3 is 9.64 Å². The number of thiazole rings is 1. The number of likely N-dealkylation sites (N-methyl/N-ethyl adjacent to an activating group) is 1. The van der Waals surface area contributed by atoms with Gasteiger partial charge in [-0.3, -0.25) is 14.4 Å². The summed E-state index contributed by atoms with van der Waals surface area (Å²) in [5, 5.41) is 5.54. The van der Waals surface area contributed by atoms with Crippen molar-refractivity contribution < 1.29 is 9.53 Å². The van der Waals surface area contributed by atoms with Gasteiger partial charge in [-0.2, -0.15) is 0 Å². The number of rotatable bonds is 8. The summed E-state index contributed by atoms with van der Waals surface area (Å²) >= 11 is 7.75. The van der Waals surface area contributed by atoms with Gasteiger partial charge in [0.25, 0.3) is 5.91 Å². The molecule has 3 aromatic rings. The van der Waals surface area contributed by atoms with E-state index in [1.165, 1.54) is 18.4 Å². The molecule has 0 N–H and O–H groups in total. The molecule has 0 aliphatic heterocycles. The van der Waals surface area contributed by atoms with Crippen molar-refractivity contribution in [2.45, 2.75) is 20.8 Å². The lowest BCUT2D eigenvalue weighted by atomic mass is 10.2. The second-order valence-corrected chi connectivity index (χ2v) is 8.14. The second kappa shape index (κ2) is 10.4. The third kappa shape index (κ3) is 4.88. The molecular formula is C20H27Cl2N5O2S. The number of fused-ring (bicyclic) bond motifs is 1. The second-order valence-electron chi connectivity index (χ2n) is 6.72. The average Bonchev–Trinajstić information content (AvgIpc) is 3.31. The Balaban J connectivity index is 0.00000320. The number of carbonyl (C=O) groups is 1. The molecule has 0 fully saturated rings. The van der Waals surface area contributed by atoms with Gasteiger partial charge >= 0.3 is 0 Å². The largest absolute Gasteiger partial charge is 0.479 e. The molecule has 0 bridgehead atoms. The van der Waals surface area contributed by atoms with Crippen molar-refractivity contribution >= 4 is 56.6 Å². The third-order valence-corrected chi connectivity index (χ3v) is 6.42. The van der Waals surface area contributed by atoms with Crippen LogP contribution < -0.4 is 9.64 Å². The van der Waals surface area contributed by atoms with Crippen LogP contribution >= 0.6 is 35.3 Å². The summed E-state index contributed by atoms with van der Waals surface area (Å²) in [6.07, 6.45) is 1.68. The summed E-state index contributed by atoms with van der Waals surface area (Å²) in [7, 11) is 3.28. The Bertz CT molecular complexity index is 1020. The normalized spacial score (nSPS) is 11.0. The number of anilines is 1. The van der Waals surface area contributed by atoms with Crippen LogP contribution in [0.1, 0.15) is 29.8 Å². The highest BCUT2D eigenvalue weighted by molar-refractivity contribution is 7.22. The molecule has 1 aromatic carbocycles. The number of benzene rings is 1. The highest BCUT2D eigenvalue weighted by Gasteiger charge is 2.27. The van der Waals surface area contributed by atoms with E-state index in [2.05, 4.69) is 23.8 Å². The molecule has 0 atom stereocenters. The number of ether oxygens (including phenoxy) is 1. The van der Waals surface area contributed by atoms with Gasteiger partial charge in [-0.1, -0.05) is 36.8 Å². The molecule has 0 aliphatic carbocycles. The van der Waals surface area contributed by atoms with Crippen molar-refractivity contribution in [1.82, 2.24) is 19.7 Å². The molecule has 0 unspecified atom stereocenters. The first kappa shape index (κ1) is 24.4. The van der Waals surface area contributed by atoms with Gasteiger partial charge in [-0.05, 0) is 37.7 Å². The number of aryl methyl sites for hydroxylation is 2. The lowest BCUT2D eigenvalue weighted by Gasteiger charge is -2.24. The van der Waals surface area contributed by atoms with Gasteiger partial charge in [0.2, 0.25) is 5.88 Å². The van der Waals surface area contributed by atoms with E-state index in [1.54, 1.807) is 22.8 Å². The number of halogens is 2. The SMILES string of the molecule is CCN(CC)CCN(C(=O)c1cn(C)nc1OC)c1nc2c(C)c(Cl)ccc2s1.Cl. The molecule has 0 radical (unpaired) electrons. The quantitative estimate of drug-likeness (QED) is 0.486. The van der Waals surface area contributed by atoms with Crippen LogP contribution in [0.3, 0.4) is 0 Å². The van der Waals surface area contributed by atoms with Gasteiger partial charge in [0.05, 0.1) is 17.3 Å². The summed E-state index contributed by atoms with van der Waals surface area (Å²) in [4.78, 5) is 22.2. The predicted octanol–water partition coefficient (Wildman–Crippen LogP) is 4.41. The molecule has 0 aliphatic rings. The monoisotopic (exact) mass is 471 g/mol. The van der Waals surface area contributed by atoms with E-state index in [0.29, 0.717) is 28.1 Å². The Morgan fingerprint density at radius 2 is 1.97 bits per heavy atom. The van der Waals surface area contributed by atoms with E-state index in [9.17, 15) is 4.79 Å². The van der Waals surface area contributed by atoms with Gasteiger partial charge in [-0.15, -0.1) is 17.5 Å². The van der Waals surface area contributed by atoms with Crippen LogP contribution in [0, 0.1) is 6.92 Å². The maximum Gasteiger partial charge on any atom is 0.267 e. The summed E-state index contributed by atoms with van der Waals surface area (Å²) < 4.78 is 7.89. The number of aromatic nitrogens is 3. The van der Waals surface area contributed by atoms with Crippen LogP contribution in [0.5, 0.6) is 5.88 Å². The standard InChI is InChI=1S/C20H26ClN5O2S.ClH/c1-6-25(7-2)10-11-26(19(27)14-12-24(4)23-18(14)28-5)20-22-17-13(3)15(21)8-9-16(17)29-20;/h8-9,12H,6-7,10-11H2,1-5H3;1H. The highest BCUT2D eigenvalue weighted by atomic mass is 35.5. The van der Waals surface area contributed by atoms with Crippen molar-refractivity contribution in [1.29, 1.82) is 0 Å². The van der Waals surface area contributed by atoms with Gasteiger partial charge in [0.1, 0.15) is 5.56 Å². The van der Waals surface area contributed by atoms with Crippen molar-refractivity contribution in [2.75, 3.05) is 38.2 Å². The number of nitrogens with zero attached hydrogens (tertiary/aromatic N) is 5. The maximum absolute atomic E-state index is 13.5. The third-order valence-electron chi connectivity index (χ3n) is 4.97. The van der Waals surface area contributed by atoms with Crippen molar-refractivity contribution in [3.8, 4) is 5.88 Å². The van der Waals surface area contributed by atoms with Gasteiger partial charge in [-0.25, -0.2) is 4.98 Å². The molecule has 10 heteroatoms. The van der Waals surface area contributed by atoms with Crippen LogP contribution in [0.2, 0.25) is 5.02 Å². The Hall–Kier alpha value is -1.87. The molecule has 2 aromatic heterocycles. The fourth-order valence-electron chi connectivity index (χ4n) is 3.18. The number of hydrogen-bond acceptors (Lipinski definition) is 6. The lowest BCUT2D eigenvalue weighted by Crippen LogP contribution is -2.38. The Morgan fingerprint density at radius 1 is 1.27 bits per heavy atom. The zero-order chi connectivity index (χ0) is 21.1. The van der Waals surface area contributed by atoms with Crippen LogP contribution in [-0.4, -0.2) is 58.9 Å². The zero-order valence-electron chi connectivity index (χ0n) is 17.8. The molecule has 1 amide bonds. The van der Waals surface area contributed by atoms with Crippen LogP contribution in [0.25, 0.3) is 10.2 Å². The average molecular weight is 472 g/mol. The molecule has 7 nitrogen and oxygen atoms in total. The molecule has 3 rings (SSSR count). The van der Waals surface area contributed by atoms with E-state index in [1.807, 2.05) is 19.1 Å². The van der Waals surface area contributed by atoms with Crippen LogP contribution in [-0.2, 0) is 7.05 Å². The molecule has 2 heterocycles. The molecular weight excluding hydrogens is 445 g/mol. The summed E-state index contributed by atoms with van der Waals surface area (Å²) in [6, 6.07) is 3.82. The van der Waals surface area contributed by atoms with Gasteiger partial charge in [0.15, 0.2) is 5.13 Å². The van der Waals surface area contributed by atoms with E-state index in [-0.39, 0.29) is 18.3 Å². The predicted molar refractivity (Wildman–Crippen MR) is 126 cm³/mol. The van der Waals surface area contributed by atoms with Crippen molar-refractivity contribution in [3.63, 3.8) is 0 Å². The number of hydrogen-bond donors (Lipinski definition) is 0. The minimum absolute atomic E-state index is 0. The van der Waals surface area contributed by atoms with E-state index in [0.717, 1.165) is 35.4 Å². The van der Waals surface area contributed by atoms with Crippen LogP contribution in [0.15, 0.2) is 18.3 Å². The first-order valence-corrected chi connectivity index (χ1v) is 10.8. The fourth-order valence-corrected chi connectivity index (χ4v) is 4.38. The minimum atomic E-state index is -0.176. The van der Waals surface area contributed by atoms with Crippen molar-refractivity contribution in [2.24, 2.45) is 7.05 Å². The zero-order valence-corrected chi connectivity index (χ0v) is 20.2. The summed E-state index contributed by atoms with van der Waals surface area (Å²) in [5.74, 6) is 0.135. The molecule has 0 saturated carbocycles. The smallest absolute Gasteiger partial charge is 0.267 e. The number of amides is 1. The first-order valence-electron chi connectivity index (χ1n) is 9.57. The van der Waals surface area contributed by atoms with E-state index >= 15 is 0 Å². The lowest BCUT2D eigenvalue weighted by molar-refractivity contribution is 0.0981. The molecule has 30 heavy (non-hydrogen) atoms. The highest BCUT2D eigenvalue weighted by Crippen LogP contribution is 2.34. The fraction of sp³-hybridized carbons (Fsp3) is 0.450. The topological polar surface area (TPSA) is 63.5 Å². The Morgan fingerprint density at radius 3 is 2.60 bits per heavy atom. The number of methoxy groups -OCH3 is 1. The van der Waals surface area contributed by atoms with Gasteiger partial charge in [0, 0.05) is 31.4 Å². The van der Waals surface area contributed by atoms with Crippen LogP contribution in [0.4, 0.5) is 5.13 Å². The van der Waals surface area contributed by atoms with E-state index < -0.39 is 0 Å². The summed E-state index contributed by atoms with van der Waals surface area (Å²) in [6.45, 7) is 9.28. The minimum Gasteiger partial charge on any atom is -0.479 e. The first-order chi connectivity index (χ1) is 13.9. The Labute approximate surface area is 192 Å².